The van der Waals surface area contributed by atoms with E-state index in [0.29, 0.717) is 6.54 Å². The van der Waals surface area contributed by atoms with Crippen molar-refractivity contribution in [1.82, 2.24) is 4.90 Å². The lowest BCUT2D eigenvalue weighted by Crippen LogP contribution is -2.22. The highest BCUT2D eigenvalue weighted by Crippen LogP contribution is 2.20. The predicted molar refractivity (Wildman–Crippen MR) is 71.8 cm³/mol. The molecule has 0 aliphatic carbocycles. The van der Waals surface area contributed by atoms with Gasteiger partial charge in [-0.25, -0.2) is 0 Å². The number of hydrogen-bond acceptors (Lipinski definition) is 3. The van der Waals surface area contributed by atoms with E-state index >= 15 is 0 Å². The number of likely N-dealkylation sites (tertiary alicyclic amines) is 1. The molecule has 1 fully saturated rings. The summed E-state index contributed by atoms with van der Waals surface area (Å²) in [5, 5.41) is 8.96. The van der Waals surface area contributed by atoms with Gasteiger partial charge in [0, 0.05) is 32.9 Å². The van der Waals surface area contributed by atoms with E-state index in [1.807, 2.05) is 14.1 Å². The van der Waals surface area contributed by atoms with Gasteiger partial charge in [-0.05, 0) is 30.7 Å². The number of aliphatic carboxylic acids is 1. The van der Waals surface area contributed by atoms with Crippen molar-refractivity contribution in [2.24, 2.45) is 5.92 Å². The van der Waals surface area contributed by atoms with E-state index in [9.17, 15) is 4.79 Å². The molecule has 4 nitrogen and oxygen atoms in total. The number of carboxylic acid groups (broad SMARTS) is 1. The molecule has 2 rings (SSSR count). The van der Waals surface area contributed by atoms with E-state index in [0.717, 1.165) is 19.5 Å². The van der Waals surface area contributed by atoms with Gasteiger partial charge < -0.3 is 10.0 Å². The topological polar surface area (TPSA) is 43.8 Å². The average Bonchev–Trinajstić information content (AvgIpc) is 2.78. The van der Waals surface area contributed by atoms with Gasteiger partial charge in [0.25, 0.3) is 0 Å². The van der Waals surface area contributed by atoms with Gasteiger partial charge in [0.1, 0.15) is 0 Å². The minimum Gasteiger partial charge on any atom is -0.481 e. The van der Waals surface area contributed by atoms with Crippen molar-refractivity contribution in [3.05, 3.63) is 29.8 Å². The third-order valence-electron chi connectivity index (χ3n) is 3.48. The van der Waals surface area contributed by atoms with Crippen molar-refractivity contribution in [1.29, 1.82) is 0 Å². The molecule has 1 unspecified atom stereocenters. The lowest BCUT2D eigenvalue weighted by Gasteiger charge is -2.17. The molecule has 1 aromatic carbocycles. The third kappa shape index (κ3) is 3.01. The Morgan fingerprint density at radius 3 is 2.56 bits per heavy atom. The first-order valence-electron chi connectivity index (χ1n) is 6.27. The molecule has 0 spiro atoms. The van der Waals surface area contributed by atoms with E-state index in [1.54, 1.807) is 0 Å². The van der Waals surface area contributed by atoms with Crippen LogP contribution in [-0.4, -0.2) is 43.2 Å². The van der Waals surface area contributed by atoms with Crippen LogP contribution in [0.25, 0.3) is 0 Å². The molecule has 1 atom stereocenters. The van der Waals surface area contributed by atoms with Crippen LogP contribution >= 0.6 is 0 Å². The molecule has 98 valence electrons. The van der Waals surface area contributed by atoms with Crippen LogP contribution in [-0.2, 0) is 11.3 Å². The Kier molecular flexibility index (Phi) is 3.87. The van der Waals surface area contributed by atoms with Gasteiger partial charge in [-0.3, -0.25) is 9.69 Å². The van der Waals surface area contributed by atoms with Crippen LogP contribution in [0.4, 0.5) is 5.69 Å². The molecule has 1 aliphatic rings. The molecular formula is C14H20N2O2. The van der Waals surface area contributed by atoms with Crippen LogP contribution in [0.1, 0.15) is 12.0 Å². The fraction of sp³-hybridized carbons (Fsp3) is 0.500. The molecule has 0 radical (unpaired) electrons. The maximum atomic E-state index is 10.9. The highest BCUT2D eigenvalue weighted by molar-refractivity contribution is 5.70. The third-order valence-corrected chi connectivity index (χ3v) is 3.48. The van der Waals surface area contributed by atoms with Crippen molar-refractivity contribution in [3.8, 4) is 0 Å². The Morgan fingerprint density at radius 1 is 1.39 bits per heavy atom. The fourth-order valence-electron chi connectivity index (χ4n) is 2.34. The summed E-state index contributed by atoms with van der Waals surface area (Å²) in [5.74, 6) is -0.855. The van der Waals surface area contributed by atoms with E-state index in [4.69, 9.17) is 5.11 Å². The van der Waals surface area contributed by atoms with Gasteiger partial charge >= 0.3 is 5.97 Å². The van der Waals surface area contributed by atoms with Crippen LogP contribution in [0.5, 0.6) is 0 Å². The maximum Gasteiger partial charge on any atom is 0.307 e. The van der Waals surface area contributed by atoms with E-state index in [2.05, 4.69) is 34.1 Å². The molecule has 1 heterocycles. The second-order valence-electron chi connectivity index (χ2n) is 5.12. The van der Waals surface area contributed by atoms with Crippen molar-refractivity contribution in [2.45, 2.75) is 13.0 Å². The van der Waals surface area contributed by atoms with Crippen molar-refractivity contribution in [2.75, 3.05) is 32.1 Å². The summed E-state index contributed by atoms with van der Waals surface area (Å²) in [7, 11) is 4.04. The number of carboxylic acids is 1. The summed E-state index contributed by atoms with van der Waals surface area (Å²) in [6, 6.07) is 8.42. The quantitative estimate of drug-likeness (QED) is 0.880. The summed E-state index contributed by atoms with van der Waals surface area (Å²) < 4.78 is 0. The first-order chi connectivity index (χ1) is 8.56. The number of anilines is 1. The Balaban J connectivity index is 1.92. The Morgan fingerprint density at radius 2 is 2.06 bits per heavy atom. The van der Waals surface area contributed by atoms with Gasteiger partial charge in [0.15, 0.2) is 0 Å². The lowest BCUT2D eigenvalue weighted by atomic mass is 10.1. The van der Waals surface area contributed by atoms with E-state index in [-0.39, 0.29) is 5.92 Å². The number of benzene rings is 1. The summed E-state index contributed by atoms with van der Waals surface area (Å²) in [4.78, 5) is 15.2. The highest BCUT2D eigenvalue weighted by Gasteiger charge is 2.27. The highest BCUT2D eigenvalue weighted by atomic mass is 16.4. The summed E-state index contributed by atoms with van der Waals surface area (Å²) in [6.45, 7) is 2.40. The summed E-state index contributed by atoms with van der Waals surface area (Å²) >= 11 is 0. The van der Waals surface area contributed by atoms with Crippen molar-refractivity contribution >= 4 is 11.7 Å². The van der Waals surface area contributed by atoms with E-state index < -0.39 is 5.97 Å². The van der Waals surface area contributed by atoms with Gasteiger partial charge in [-0.2, -0.15) is 0 Å². The second kappa shape index (κ2) is 5.40. The second-order valence-corrected chi connectivity index (χ2v) is 5.12. The SMILES string of the molecule is CN(C)c1ccc(CN2CCC(C(=O)O)C2)cc1. The molecule has 4 heteroatoms. The first-order valence-corrected chi connectivity index (χ1v) is 6.27. The first kappa shape index (κ1) is 12.9. The van der Waals surface area contributed by atoms with Gasteiger partial charge in [0.2, 0.25) is 0 Å². The van der Waals surface area contributed by atoms with Gasteiger partial charge in [-0.15, -0.1) is 0 Å². The minimum absolute atomic E-state index is 0.189. The Bertz CT molecular complexity index is 414. The summed E-state index contributed by atoms with van der Waals surface area (Å²) in [6.07, 6.45) is 0.769. The zero-order valence-corrected chi connectivity index (χ0v) is 11.0. The van der Waals surface area contributed by atoms with Gasteiger partial charge in [0.05, 0.1) is 5.92 Å². The predicted octanol–water partition coefficient (Wildman–Crippen LogP) is 1.66. The monoisotopic (exact) mass is 248 g/mol. The van der Waals surface area contributed by atoms with Crippen LogP contribution in [0.2, 0.25) is 0 Å². The normalized spacial score (nSPS) is 20.0. The number of rotatable bonds is 4. The molecule has 0 saturated carbocycles. The van der Waals surface area contributed by atoms with Crippen LogP contribution in [0, 0.1) is 5.92 Å². The molecule has 1 aliphatic heterocycles. The molecule has 18 heavy (non-hydrogen) atoms. The molecule has 1 N–H and O–H groups in total. The minimum atomic E-state index is -0.666. The van der Waals surface area contributed by atoms with Crippen molar-refractivity contribution < 1.29 is 9.90 Å². The molecule has 1 saturated heterocycles. The average molecular weight is 248 g/mol. The van der Waals surface area contributed by atoms with Crippen LogP contribution in [0.15, 0.2) is 24.3 Å². The molecule has 0 amide bonds. The molecular weight excluding hydrogens is 228 g/mol. The lowest BCUT2D eigenvalue weighted by molar-refractivity contribution is -0.141. The smallest absolute Gasteiger partial charge is 0.307 e. The molecule has 0 aromatic heterocycles. The number of hydrogen-bond donors (Lipinski definition) is 1. The molecule has 0 bridgehead atoms. The van der Waals surface area contributed by atoms with Crippen LogP contribution in [0.3, 0.4) is 0 Å². The fourth-order valence-corrected chi connectivity index (χ4v) is 2.34. The standard InChI is InChI=1S/C14H20N2O2/c1-15(2)13-5-3-11(4-6-13)9-16-8-7-12(10-16)14(17)18/h3-6,12H,7-10H2,1-2H3,(H,17,18). The zero-order valence-electron chi connectivity index (χ0n) is 11.0. The van der Waals surface area contributed by atoms with Crippen molar-refractivity contribution in [3.63, 3.8) is 0 Å². The largest absolute Gasteiger partial charge is 0.481 e. The Hall–Kier alpha value is -1.55. The van der Waals surface area contributed by atoms with Crippen LogP contribution < -0.4 is 4.90 Å². The maximum absolute atomic E-state index is 10.9. The van der Waals surface area contributed by atoms with Gasteiger partial charge in [-0.1, -0.05) is 12.1 Å². The van der Waals surface area contributed by atoms with E-state index in [1.165, 1.54) is 11.3 Å². The Labute approximate surface area is 108 Å². The summed E-state index contributed by atoms with van der Waals surface area (Å²) in [5.41, 5.74) is 2.43. The number of nitrogens with zero attached hydrogens (tertiary/aromatic N) is 2. The molecule has 1 aromatic rings. The number of carbonyl (C=O) groups is 1. The zero-order chi connectivity index (χ0) is 13.1.